The van der Waals surface area contributed by atoms with E-state index >= 15 is 30.7 Å². The number of rotatable bonds is 5. The average molecular weight is 851 g/mol. The van der Waals surface area contributed by atoms with Gasteiger partial charge >= 0.3 is 6.18 Å². The molecule has 0 aliphatic carbocycles. The number of nitrogens with zero attached hydrogens (tertiary/aromatic N) is 2. The molecule has 2 heterocycles. The molecule has 0 fully saturated rings. The van der Waals surface area contributed by atoms with Crippen LogP contribution in [0.5, 0.6) is 0 Å². The zero-order valence-electron chi connectivity index (χ0n) is 34.1. The predicted molar refractivity (Wildman–Crippen MR) is 235 cm³/mol. The van der Waals surface area contributed by atoms with Crippen LogP contribution in [-0.4, -0.2) is 9.13 Å². The largest absolute Gasteiger partial charge is 0.420 e. The zero-order chi connectivity index (χ0) is 44.2. The molecule has 0 atom stereocenters. The Hall–Kier alpha value is -7.20. The SMILES string of the molecule is Cc1cc(C)cc(-c2ccc3c4ccccc4n(-c4cc(-c5c(F)c(F)c(F)c(F)c5F)cc(-n5c6ccccc6c6ccc(-c7cc(C)cc(C)c7)cc65)c4C(F)(F)F)c3c2)c1. The Bertz CT molecular complexity index is 3290. The van der Waals surface area contributed by atoms with Crippen molar-refractivity contribution >= 4 is 43.6 Å². The molecule has 0 aliphatic rings. The number of alkyl halides is 3. The van der Waals surface area contributed by atoms with Crippen LogP contribution >= 0.6 is 0 Å². The Balaban J connectivity index is 1.40. The van der Waals surface area contributed by atoms with Crippen molar-refractivity contribution in [1.29, 1.82) is 0 Å². The monoisotopic (exact) mass is 850 g/mol. The van der Waals surface area contributed by atoms with Crippen molar-refractivity contribution in [3.8, 4) is 44.8 Å². The van der Waals surface area contributed by atoms with Crippen molar-refractivity contribution in [1.82, 2.24) is 9.13 Å². The summed E-state index contributed by atoms with van der Waals surface area (Å²) in [5, 5.41) is 2.30. The average Bonchev–Trinajstić information content (AvgIpc) is 3.75. The molecule has 8 aromatic carbocycles. The molecule has 312 valence electrons. The van der Waals surface area contributed by atoms with E-state index < -0.39 is 63.3 Å². The molecule has 63 heavy (non-hydrogen) atoms. The highest BCUT2D eigenvalue weighted by Gasteiger charge is 2.40. The van der Waals surface area contributed by atoms with E-state index in [-0.39, 0.29) is 0 Å². The number of hydrogen-bond acceptors (Lipinski definition) is 0. The normalized spacial score (nSPS) is 12.1. The molecule has 0 radical (unpaired) electrons. The summed E-state index contributed by atoms with van der Waals surface area (Å²) in [5.41, 5.74) is 3.74. The maximum Gasteiger partial charge on any atom is 0.420 e. The second-order valence-electron chi connectivity index (χ2n) is 16.3. The molecular weight excluding hydrogens is 817 g/mol. The Morgan fingerprint density at radius 2 is 0.714 bits per heavy atom. The topological polar surface area (TPSA) is 9.86 Å². The van der Waals surface area contributed by atoms with Crippen molar-refractivity contribution in [2.75, 3.05) is 0 Å². The minimum atomic E-state index is -5.16. The minimum absolute atomic E-state index is 0.315. The van der Waals surface area contributed by atoms with Gasteiger partial charge in [-0.1, -0.05) is 119 Å². The fourth-order valence-corrected chi connectivity index (χ4v) is 9.36. The Morgan fingerprint density at radius 3 is 1.11 bits per heavy atom. The molecule has 0 amide bonds. The van der Waals surface area contributed by atoms with Crippen molar-refractivity contribution in [3.63, 3.8) is 0 Å². The third kappa shape index (κ3) is 6.38. The minimum Gasteiger partial charge on any atom is -0.309 e. The first-order valence-electron chi connectivity index (χ1n) is 20.1. The van der Waals surface area contributed by atoms with Crippen molar-refractivity contribution in [3.05, 3.63) is 190 Å². The van der Waals surface area contributed by atoms with E-state index in [4.69, 9.17) is 0 Å². The maximum absolute atomic E-state index is 16.5. The molecule has 0 N–H and O–H groups in total. The number of aryl methyl sites for hydroxylation is 4. The summed E-state index contributed by atoms with van der Waals surface area (Å²) in [5.74, 6) is -11.2. The van der Waals surface area contributed by atoms with Crippen LogP contribution < -0.4 is 0 Å². The van der Waals surface area contributed by atoms with Gasteiger partial charge in [0.25, 0.3) is 0 Å². The molecule has 10 heteroatoms. The first-order valence-corrected chi connectivity index (χ1v) is 20.1. The van der Waals surface area contributed by atoms with Gasteiger partial charge in [0, 0.05) is 21.5 Å². The van der Waals surface area contributed by atoms with E-state index in [9.17, 15) is 4.39 Å². The second kappa shape index (κ2) is 14.4. The second-order valence-corrected chi connectivity index (χ2v) is 16.3. The highest BCUT2D eigenvalue weighted by atomic mass is 19.4. The maximum atomic E-state index is 16.5. The highest BCUT2D eigenvalue weighted by molar-refractivity contribution is 6.12. The summed E-state index contributed by atoms with van der Waals surface area (Å²) in [7, 11) is 0. The number of fused-ring (bicyclic) bond motifs is 6. The smallest absolute Gasteiger partial charge is 0.309 e. The fourth-order valence-electron chi connectivity index (χ4n) is 9.36. The predicted octanol–water partition coefficient (Wildman–Crippen LogP) is 15.8. The number of halogens is 8. The quantitative estimate of drug-likeness (QED) is 0.0927. The van der Waals surface area contributed by atoms with E-state index in [0.29, 0.717) is 54.7 Å². The Morgan fingerprint density at radius 1 is 0.349 bits per heavy atom. The molecule has 2 nitrogen and oxygen atoms in total. The van der Waals surface area contributed by atoms with Crippen LogP contribution in [0.3, 0.4) is 0 Å². The van der Waals surface area contributed by atoms with Gasteiger partial charge in [0.2, 0.25) is 5.82 Å². The lowest BCUT2D eigenvalue weighted by Gasteiger charge is -2.23. The van der Waals surface area contributed by atoms with Crippen molar-refractivity contribution in [2.24, 2.45) is 0 Å². The zero-order valence-corrected chi connectivity index (χ0v) is 34.1. The standard InChI is InChI=1S/C53H34F8N2/c1-27-17-28(2)20-33(19-27)31-13-15-38-36-9-5-7-11-40(36)62(42(38)23-31)44-25-35(46-48(54)50(56)52(58)51(57)49(46)55)26-45(47(44)53(59,60)61)63-41-12-8-6-10-37(41)39-16-14-32(24-43(39)63)34-21-29(3)18-30(4)22-34/h5-26H,1-4H3. The lowest BCUT2D eigenvalue weighted by atomic mass is 9.97. The number of para-hydroxylation sites is 2. The van der Waals surface area contributed by atoms with Gasteiger partial charge in [0.05, 0.1) is 39.0 Å². The molecule has 0 aliphatic heterocycles. The summed E-state index contributed by atoms with van der Waals surface area (Å²) < 4.78 is 129. The molecule has 0 saturated heterocycles. The number of benzene rings is 8. The van der Waals surface area contributed by atoms with E-state index in [2.05, 4.69) is 0 Å². The third-order valence-electron chi connectivity index (χ3n) is 11.8. The van der Waals surface area contributed by atoms with Crippen LogP contribution in [0.1, 0.15) is 27.8 Å². The summed E-state index contributed by atoms with van der Waals surface area (Å²) >= 11 is 0. The Labute approximate surface area is 355 Å². The van der Waals surface area contributed by atoms with Crippen LogP contribution in [0, 0.1) is 56.8 Å². The van der Waals surface area contributed by atoms with E-state index in [1.54, 1.807) is 60.7 Å². The van der Waals surface area contributed by atoms with Gasteiger partial charge in [-0.15, -0.1) is 0 Å². The molecule has 0 unspecified atom stereocenters. The highest BCUT2D eigenvalue weighted by Crippen LogP contribution is 2.48. The first kappa shape index (κ1) is 39.9. The fraction of sp³-hybridized carbons (Fsp3) is 0.0943. The molecule has 10 aromatic rings. The molecule has 0 spiro atoms. The van der Waals surface area contributed by atoms with Crippen LogP contribution in [0.15, 0.2) is 133 Å². The van der Waals surface area contributed by atoms with Gasteiger partial charge in [-0.25, -0.2) is 22.0 Å². The van der Waals surface area contributed by atoms with E-state index in [0.717, 1.165) is 45.5 Å². The van der Waals surface area contributed by atoms with Gasteiger partial charge < -0.3 is 9.13 Å². The van der Waals surface area contributed by atoms with Crippen LogP contribution in [0.2, 0.25) is 0 Å². The van der Waals surface area contributed by atoms with Gasteiger partial charge in [-0.2, -0.15) is 13.2 Å². The van der Waals surface area contributed by atoms with Gasteiger partial charge in [0.1, 0.15) is 5.56 Å². The van der Waals surface area contributed by atoms with E-state index in [1.807, 2.05) is 88.4 Å². The van der Waals surface area contributed by atoms with Crippen LogP contribution in [0.25, 0.3) is 88.4 Å². The third-order valence-corrected chi connectivity index (χ3v) is 11.8. The summed E-state index contributed by atoms with van der Waals surface area (Å²) in [4.78, 5) is 0. The van der Waals surface area contributed by atoms with Gasteiger partial charge in [0.15, 0.2) is 23.3 Å². The van der Waals surface area contributed by atoms with Crippen LogP contribution in [-0.2, 0) is 6.18 Å². The first-order chi connectivity index (χ1) is 30.1. The summed E-state index contributed by atoms with van der Waals surface area (Å²) in [6, 6.07) is 38.0. The summed E-state index contributed by atoms with van der Waals surface area (Å²) in [6.07, 6.45) is -5.16. The molecule has 0 bridgehead atoms. The summed E-state index contributed by atoms with van der Waals surface area (Å²) in [6.45, 7) is 7.75. The Kier molecular flexibility index (Phi) is 9.15. The molecule has 2 aromatic heterocycles. The van der Waals surface area contributed by atoms with Gasteiger partial charge in [-0.3, -0.25) is 0 Å². The molecular formula is C53H34F8N2. The van der Waals surface area contributed by atoms with Gasteiger partial charge in [-0.05, 0) is 91.9 Å². The van der Waals surface area contributed by atoms with Crippen LogP contribution in [0.4, 0.5) is 35.1 Å². The molecule has 10 rings (SSSR count). The lowest BCUT2D eigenvalue weighted by Crippen LogP contribution is -2.16. The van der Waals surface area contributed by atoms with Crippen molar-refractivity contribution in [2.45, 2.75) is 33.9 Å². The van der Waals surface area contributed by atoms with Crippen molar-refractivity contribution < 1.29 is 35.1 Å². The number of aromatic nitrogens is 2. The molecule has 0 saturated carbocycles. The number of hydrogen-bond donors (Lipinski definition) is 0. The lowest BCUT2D eigenvalue weighted by molar-refractivity contribution is -0.137. The van der Waals surface area contributed by atoms with E-state index in [1.165, 1.54) is 9.13 Å².